The van der Waals surface area contributed by atoms with Gasteiger partial charge in [0.25, 0.3) is 10.0 Å². The maximum absolute atomic E-state index is 12.2. The summed E-state index contributed by atoms with van der Waals surface area (Å²) in [6.45, 7) is 1.73. The molecule has 2 heterocycles. The van der Waals surface area contributed by atoms with Crippen molar-refractivity contribution < 1.29 is 17.2 Å². The minimum Gasteiger partial charge on any atom is -0.317 e. The number of nitrogens with one attached hydrogen (secondary N) is 2. The molecular formula is C9H14F2N4O2S. The van der Waals surface area contributed by atoms with Crippen molar-refractivity contribution >= 4 is 15.7 Å². The van der Waals surface area contributed by atoms with Crippen molar-refractivity contribution in [1.29, 1.82) is 0 Å². The zero-order chi connectivity index (χ0) is 13.2. The Labute approximate surface area is 103 Å². The summed E-state index contributed by atoms with van der Waals surface area (Å²) in [4.78, 5) is 0. The Morgan fingerprint density at radius 1 is 1.44 bits per heavy atom. The first-order chi connectivity index (χ1) is 8.49. The van der Waals surface area contributed by atoms with E-state index in [9.17, 15) is 17.2 Å². The highest BCUT2D eigenvalue weighted by molar-refractivity contribution is 7.93. The number of alkyl halides is 2. The molecule has 0 atom stereocenters. The minimum absolute atomic E-state index is 0.0637. The molecular weight excluding hydrogens is 266 g/mol. The molecule has 2 N–H and O–H groups in total. The van der Waals surface area contributed by atoms with E-state index >= 15 is 0 Å². The fourth-order valence-electron chi connectivity index (χ4n) is 1.87. The third-order valence-electron chi connectivity index (χ3n) is 2.78. The van der Waals surface area contributed by atoms with Crippen LogP contribution in [0.4, 0.5) is 14.5 Å². The fraction of sp³-hybridized carbons (Fsp3) is 0.667. The summed E-state index contributed by atoms with van der Waals surface area (Å²) in [5, 5.41) is 7.19. The molecule has 1 saturated heterocycles. The highest BCUT2D eigenvalue weighted by Gasteiger charge is 2.24. The van der Waals surface area contributed by atoms with Crippen LogP contribution in [0.1, 0.15) is 18.9 Å². The van der Waals surface area contributed by atoms with Gasteiger partial charge in [-0.25, -0.2) is 8.42 Å². The summed E-state index contributed by atoms with van der Waals surface area (Å²) < 4.78 is 49.7. The number of piperidine rings is 1. The predicted molar refractivity (Wildman–Crippen MR) is 61.9 cm³/mol. The predicted octanol–water partition coefficient (Wildman–Crippen LogP) is 0.772. The van der Waals surface area contributed by atoms with E-state index in [-0.39, 0.29) is 11.7 Å². The van der Waals surface area contributed by atoms with Gasteiger partial charge in [0, 0.05) is 6.20 Å². The Morgan fingerprint density at radius 2 is 2.11 bits per heavy atom. The number of hydrogen-bond donors (Lipinski definition) is 2. The third kappa shape index (κ3) is 2.96. The molecule has 1 aromatic rings. The fourth-order valence-corrected chi connectivity index (χ4v) is 2.39. The van der Waals surface area contributed by atoms with Crippen LogP contribution in [0.5, 0.6) is 0 Å². The Balaban J connectivity index is 2.06. The second-order valence-electron chi connectivity index (χ2n) is 4.10. The maximum Gasteiger partial charge on any atom is 0.355 e. The van der Waals surface area contributed by atoms with Crippen LogP contribution in [0.3, 0.4) is 0 Å². The van der Waals surface area contributed by atoms with E-state index in [2.05, 4.69) is 10.4 Å². The highest BCUT2D eigenvalue weighted by Crippen LogP contribution is 2.20. The van der Waals surface area contributed by atoms with Crippen molar-refractivity contribution in [3.63, 3.8) is 0 Å². The lowest BCUT2D eigenvalue weighted by molar-refractivity contribution is 0.236. The molecule has 6 nitrogen and oxygen atoms in total. The first-order valence-corrected chi connectivity index (χ1v) is 7.08. The van der Waals surface area contributed by atoms with Gasteiger partial charge in [0.1, 0.15) is 0 Å². The summed E-state index contributed by atoms with van der Waals surface area (Å²) in [7, 11) is -4.62. The van der Waals surface area contributed by atoms with Crippen LogP contribution in [0.25, 0.3) is 0 Å². The first kappa shape index (κ1) is 13.2. The van der Waals surface area contributed by atoms with E-state index in [1.807, 2.05) is 0 Å². The van der Waals surface area contributed by atoms with Gasteiger partial charge in [0.15, 0.2) is 0 Å². The van der Waals surface area contributed by atoms with Crippen molar-refractivity contribution in [2.75, 3.05) is 17.8 Å². The molecule has 0 bridgehead atoms. The smallest absolute Gasteiger partial charge is 0.317 e. The molecule has 0 saturated carbocycles. The van der Waals surface area contributed by atoms with Crippen LogP contribution >= 0.6 is 0 Å². The summed E-state index contributed by atoms with van der Waals surface area (Å²) in [6, 6.07) is 0.177. The molecule has 102 valence electrons. The van der Waals surface area contributed by atoms with Gasteiger partial charge in [-0.2, -0.15) is 13.9 Å². The monoisotopic (exact) mass is 280 g/mol. The molecule has 0 amide bonds. The lowest BCUT2D eigenvalue weighted by Gasteiger charge is -2.22. The van der Waals surface area contributed by atoms with E-state index in [1.165, 1.54) is 12.4 Å². The number of rotatable bonds is 4. The van der Waals surface area contributed by atoms with E-state index in [0.717, 1.165) is 25.9 Å². The van der Waals surface area contributed by atoms with Crippen molar-refractivity contribution in [2.45, 2.75) is 24.6 Å². The standard InChI is InChI=1S/C9H14F2N4O2S/c10-9(11)18(16,17)14-7-5-13-15(6-7)8-1-3-12-4-2-8/h5-6,8-9,12,14H,1-4H2. The molecule has 1 fully saturated rings. The zero-order valence-electron chi connectivity index (χ0n) is 9.51. The van der Waals surface area contributed by atoms with Crippen molar-refractivity contribution in [1.82, 2.24) is 15.1 Å². The Morgan fingerprint density at radius 3 is 2.72 bits per heavy atom. The van der Waals surface area contributed by atoms with E-state index in [0.29, 0.717) is 0 Å². The zero-order valence-corrected chi connectivity index (χ0v) is 10.3. The summed E-state index contributed by atoms with van der Waals surface area (Å²) in [6.07, 6.45) is 4.43. The molecule has 1 aromatic heterocycles. The summed E-state index contributed by atoms with van der Waals surface area (Å²) >= 11 is 0. The largest absolute Gasteiger partial charge is 0.355 e. The van der Waals surface area contributed by atoms with Gasteiger partial charge in [-0.15, -0.1) is 0 Å². The minimum atomic E-state index is -4.62. The van der Waals surface area contributed by atoms with Crippen LogP contribution in [-0.4, -0.2) is 37.0 Å². The van der Waals surface area contributed by atoms with E-state index in [4.69, 9.17) is 0 Å². The molecule has 18 heavy (non-hydrogen) atoms. The Kier molecular flexibility index (Phi) is 3.81. The van der Waals surface area contributed by atoms with E-state index in [1.54, 1.807) is 9.40 Å². The van der Waals surface area contributed by atoms with Crippen molar-refractivity contribution in [2.24, 2.45) is 0 Å². The molecule has 0 unspecified atom stereocenters. The number of hydrogen-bond acceptors (Lipinski definition) is 4. The van der Waals surface area contributed by atoms with Crippen LogP contribution in [0.2, 0.25) is 0 Å². The quantitative estimate of drug-likeness (QED) is 0.854. The SMILES string of the molecule is O=S(=O)(Nc1cnn(C2CCNCC2)c1)C(F)F. The normalized spacial score (nSPS) is 18.2. The lowest BCUT2D eigenvalue weighted by Crippen LogP contribution is -2.29. The Hall–Kier alpha value is -1.22. The summed E-state index contributed by atoms with van der Waals surface area (Å²) in [5.41, 5.74) is 0.0637. The number of halogens is 2. The third-order valence-corrected chi connectivity index (χ3v) is 3.77. The second-order valence-corrected chi connectivity index (χ2v) is 5.75. The maximum atomic E-state index is 12.2. The number of aromatic nitrogens is 2. The average molecular weight is 280 g/mol. The van der Waals surface area contributed by atoms with Crippen LogP contribution in [0, 0.1) is 0 Å². The van der Waals surface area contributed by atoms with Gasteiger partial charge in [0.2, 0.25) is 0 Å². The molecule has 1 aliphatic heterocycles. The van der Waals surface area contributed by atoms with Gasteiger partial charge in [-0.1, -0.05) is 0 Å². The molecule has 0 spiro atoms. The van der Waals surface area contributed by atoms with Crippen LogP contribution in [0.15, 0.2) is 12.4 Å². The average Bonchev–Trinajstić information content (AvgIpc) is 2.78. The van der Waals surface area contributed by atoms with Gasteiger partial charge >= 0.3 is 5.76 Å². The lowest BCUT2D eigenvalue weighted by atomic mass is 10.1. The van der Waals surface area contributed by atoms with Crippen LogP contribution in [-0.2, 0) is 10.0 Å². The first-order valence-electron chi connectivity index (χ1n) is 5.54. The molecule has 0 aliphatic carbocycles. The second kappa shape index (κ2) is 5.19. The molecule has 0 aromatic carbocycles. The van der Waals surface area contributed by atoms with Crippen molar-refractivity contribution in [3.05, 3.63) is 12.4 Å². The van der Waals surface area contributed by atoms with Gasteiger partial charge in [0.05, 0.1) is 17.9 Å². The molecule has 2 rings (SSSR count). The molecule has 1 aliphatic rings. The van der Waals surface area contributed by atoms with Crippen LogP contribution < -0.4 is 10.0 Å². The topological polar surface area (TPSA) is 76.0 Å². The summed E-state index contributed by atoms with van der Waals surface area (Å²) in [5.74, 6) is -3.44. The number of anilines is 1. The molecule has 0 radical (unpaired) electrons. The number of sulfonamides is 1. The van der Waals surface area contributed by atoms with Gasteiger partial charge in [-0.3, -0.25) is 9.40 Å². The van der Waals surface area contributed by atoms with E-state index < -0.39 is 15.8 Å². The highest BCUT2D eigenvalue weighted by atomic mass is 32.2. The van der Waals surface area contributed by atoms with Gasteiger partial charge < -0.3 is 5.32 Å². The van der Waals surface area contributed by atoms with Crippen molar-refractivity contribution in [3.8, 4) is 0 Å². The number of nitrogens with zero attached hydrogens (tertiary/aromatic N) is 2. The molecule has 9 heteroatoms. The van der Waals surface area contributed by atoms with Gasteiger partial charge in [-0.05, 0) is 25.9 Å². The Bertz CT molecular complexity index is 496.